The Morgan fingerprint density at radius 3 is 2.86 bits per heavy atom. The highest BCUT2D eigenvalue weighted by Crippen LogP contribution is 2.38. The van der Waals surface area contributed by atoms with Crippen molar-refractivity contribution in [1.82, 2.24) is 15.2 Å². The summed E-state index contributed by atoms with van der Waals surface area (Å²) in [5.74, 6) is 1.02. The minimum absolute atomic E-state index is 0. The van der Waals surface area contributed by atoms with Gasteiger partial charge in [0, 0.05) is 42.1 Å². The molecule has 2 saturated heterocycles. The molecule has 1 atom stereocenters. The number of benzene rings is 1. The molecule has 2 aliphatic heterocycles. The highest BCUT2D eigenvalue weighted by Gasteiger charge is 2.42. The topological polar surface area (TPSA) is 49.8 Å². The van der Waals surface area contributed by atoms with Gasteiger partial charge in [-0.15, -0.1) is 35.3 Å². The predicted octanol–water partition coefficient (Wildman–Crippen LogP) is 4.31. The summed E-state index contributed by atoms with van der Waals surface area (Å²) in [6, 6.07) is 10.4. The Hall–Kier alpha value is -1.19. The molecule has 2 fully saturated rings. The van der Waals surface area contributed by atoms with Crippen LogP contribution in [-0.2, 0) is 11.3 Å². The Labute approximate surface area is 188 Å². The van der Waals surface area contributed by atoms with E-state index in [1.54, 1.807) is 11.3 Å². The van der Waals surface area contributed by atoms with Gasteiger partial charge in [-0.25, -0.2) is 9.98 Å². The summed E-state index contributed by atoms with van der Waals surface area (Å²) in [6.45, 7) is 9.70. The molecule has 1 aromatic heterocycles. The summed E-state index contributed by atoms with van der Waals surface area (Å²) in [4.78, 5) is 13.4. The van der Waals surface area contributed by atoms with E-state index in [1.807, 2.05) is 6.07 Å². The third-order valence-corrected chi connectivity index (χ3v) is 6.73. The van der Waals surface area contributed by atoms with Gasteiger partial charge < -0.3 is 15.0 Å². The van der Waals surface area contributed by atoms with Crippen LogP contribution >= 0.6 is 35.3 Å². The number of thiazole rings is 1. The van der Waals surface area contributed by atoms with Crippen LogP contribution in [0.2, 0.25) is 0 Å². The number of rotatable bonds is 4. The number of likely N-dealkylation sites (tertiary alicyclic amines) is 1. The monoisotopic (exact) mass is 512 g/mol. The molecule has 2 aromatic rings. The van der Waals surface area contributed by atoms with Crippen LogP contribution in [0, 0.1) is 12.3 Å². The van der Waals surface area contributed by atoms with Gasteiger partial charge in [-0.3, -0.25) is 0 Å². The molecule has 3 heterocycles. The number of aromatic nitrogens is 1. The molecule has 0 bridgehead atoms. The molecule has 28 heavy (non-hydrogen) atoms. The van der Waals surface area contributed by atoms with Crippen LogP contribution in [-0.4, -0.2) is 48.7 Å². The number of guanidine groups is 1. The van der Waals surface area contributed by atoms with Crippen molar-refractivity contribution in [2.75, 3.05) is 32.8 Å². The number of hydrogen-bond donors (Lipinski definition) is 1. The largest absolute Gasteiger partial charge is 0.381 e. The van der Waals surface area contributed by atoms with E-state index in [1.165, 1.54) is 23.3 Å². The molecule has 1 unspecified atom stereocenters. The quantitative estimate of drug-likeness (QED) is 0.377. The van der Waals surface area contributed by atoms with E-state index in [-0.39, 0.29) is 24.0 Å². The normalized spacial score (nSPS) is 21.9. The fourth-order valence-electron chi connectivity index (χ4n) is 3.94. The lowest BCUT2D eigenvalue weighted by molar-refractivity contribution is 0.156. The summed E-state index contributed by atoms with van der Waals surface area (Å²) in [5.41, 5.74) is 2.60. The number of aliphatic imine (C=N–C) groups is 1. The average Bonchev–Trinajstić information content (AvgIpc) is 3.41. The van der Waals surface area contributed by atoms with Crippen molar-refractivity contribution in [3.05, 3.63) is 40.9 Å². The fourth-order valence-corrected chi connectivity index (χ4v) is 4.93. The highest BCUT2D eigenvalue weighted by molar-refractivity contribution is 14.0. The Bertz CT molecular complexity index is 802. The van der Waals surface area contributed by atoms with Crippen molar-refractivity contribution < 1.29 is 4.74 Å². The van der Waals surface area contributed by atoms with E-state index >= 15 is 0 Å². The van der Waals surface area contributed by atoms with Crippen LogP contribution in [0.5, 0.6) is 0 Å². The molecule has 0 amide bonds. The average molecular weight is 512 g/mol. The maximum atomic E-state index is 5.67. The highest BCUT2D eigenvalue weighted by atomic mass is 127. The molecule has 4 rings (SSSR count). The predicted molar refractivity (Wildman–Crippen MR) is 127 cm³/mol. The van der Waals surface area contributed by atoms with Crippen molar-refractivity contribution in [1.29, 1.82) is 0 Å². The summed E-state index contributed by atoms with van der Waals surface area (Å²) in [7, 11) is 0. The van der Waals surface area contributed by atoms with Gasteiger partial charge in [0.25, 0.3) is 0 Å². The first-order valence-corrected chi connectivity index (χ1v) is 10.6. The van der Waals surface area contributed by atoms with Crippen molar-refractivity contribution >= 4 is 41.3 Å². The Kier molecular flexibility index (Phi) is 7.33. The molecule has 1 spiro atoms. The molecular formula is C21H29IN4OS. The minimum Gasteiger partial charge on any atom is -0.381 e. The van der Waals surface area contributed by atoms with Crippen LogP contribution in [0.4, 0.5) is 0 Å². The van der Waals surface area contributed by atoms with Crippen LogP contribution in [0.25, 0.3) is 10.6 Å². The van der Waals surface area contributed by atoms with Gasteiger partial charge in [0.05, 0.1) is 18.8 Å². The second kappa shape index (κ2) is 9.54. The number of halogens is 1. The first-order valence-electron chi connectivity index (χ1n) is 9.82. The number of aryl methyl sites for hydroxylation is 1. The van der Waals surface area contributed by atoms with Gasteiger partial charge in [0.1, 0.15) is 5.01 Å². The van der Waals surface area contributed by atoms with E-state index in [4.69, 9.17) is 14.7 Å². The molecule has 0 aliphatic carbocycles. The second-order valence-corrected chi connectivity index (χ2v) is 8.62. The van der Waals surface area contributed by atoms with Crippen LogP contribution in [0.3, 0.4) is 0 Å². The van der Waals surface area contributed by atoms with Crippen molar-refractivity contribution in [2.24, 2.45) is 10.4 Å². The maximum absolute atomic E-state index is 5.67. The van der Waals surface area contributed by atoms with Crippen molar-refractivity contribution in [2.45, 2.75) is 33.2 Å². The summed E-state index contributed by atoms with van der Waals surface area (Å²) < 4.78 is 5.67. The van der Waals surface area contributed by atoms with Gasteiger partial charge in [0.15, 0.2) is 5.96 Å². The molecule has 2 aliphatic rings. The molecule has 7 heteroatoms. The summed E-state index contributed by atoms with van der Waals surface area (Å²) in [5, 5.41) is 4.55. The standard InChI is InChI=1S/C21H28N4OS.HI/c1-3-22-20(25-11-9-21(14-25)10-12-26-15-21)23-13-18-16(2)24-19(27-18)17-7-5-4-6-8-17;/h4-8H,3,9-15H2,1-2H3,(H,22,23);1H. The van der Waals surface area contributed by atoms with E-state index in [0.29, 0.717) is 12.0 Å². The SMILES string of the molecule is CCNC(=NCc1sc(-c2ccccc2)nc1C)N1CCC2(CCOC2)C1.I. The molecule has 1 aromatic carbocycles. The lowest BCUT2D eigenvalue weighted by Gasteiger charge is -2.24. The number of nitrogens with one attached hydrogen (secondary N) is 1. The summed E-state index contributed by atoms with van der Waals surface area (Å²) >= 11 is 1.75. The third-order valence-electron chi connectivity index (χ3n) is 5.54. The van der Waals surface area contributed by atoms with E-state index in [9.17, 15) is 0 Å². The van der Waals surface area contributed by atoms with Crippen LogP contribution in [0.1, 0.15) is 30.3 Å². The van der Waals surface area contributed by atoms with Gasteiger partial charge in [-0.1, -0.05) is 30.3 Å². The molecule has 152 valence electrons. The molecular weight excluding hydrogens is 483 g/mol. The van der Waals surface area contributed by atoms with Gasteiger partial charge in [-0.05, 0) is 26.7 Å². The third kappa shape index (κ3) is 4.68. The van der Waals surface area contributed by atoms with Crippen LogP contribution in [0.15, 0.2) is 35.3 Å². The zero-order valence-corrected chi connectivity index (χ0v) is 19.8. The van der Waals surface area contributed by atoms with Gasteiger partial charge in [0.2, 0.25) is 0 Å². The number of ether oxygens (including phenoxy) is 1. The fraction of sp³-hybridized carbons (Fsp3) is 0.524. The lowest BCUT2D eigenvalue weighted by Crippen LogP contribution is -2.41. The Balaban J connectivity index is 0.00000225. The zero-order chi connectivity index (χ0) is 18.7. The molecule has 5 nitrogen and oxygen atoms in total. The maximum Gasteiger partial charge on any atom is 0.194 e. The Morgan fingerprint density at radius 2 is 2.14 bits per heavy atom. The molecule has 0 saturated carbocycles. The van der Waals surface area contributed by atoms with Crippen molar-refractivity contribution in [3.63, 3.8) is 0 Å². The number of nitrogens with zero attached hydrogens (tertiary/aromatic N) is 3. The summed E-state index contributed by atoms with van der Waals surface area (Å²) in [6.07, 6.45) is 2.38. The second-order valence-electron chi connectivity index (χ2n) is 7.54. The van der Waals surface area contributed by atoms with Gasteiger partial charge in [-0.2, -0.15) is 0 Å². The van der Waals surface area contributed by atoms with E-state index < -0.39 is 0 Å². The van der Waals surface area contributed by atoms with Crippen LogP contribution < -0.4 is 5.32 Å². The minimum atomic E-state index is 0. The first-order chi connectivity index (χ1) is 13.2. The van der Waals surface area contributed by atoms with E-state index in [2.05, 4.69) is 48.3 Å². The zero-order valence-electron chi connectivity index (χ0n) is 16.6. The first kappa shape index (κ1) is 21.5. The van der Waals surface area contributed by atoms with E-state index in [0.717, 1.165) is 49.5 Å². The Morgan fingerprint density at radius 1 is 1.32 bits per heavy atom. The van der Waals surface area contributed by atoms with Gasteiger partial charge >= 0.3 is 0 Å². The molecule has 0 radical (unpaired) electrons. The molecule has 1 N–H and O–H groups in total. The van der Waals surface area contributed by atoms with Crippen molar-refractivity contribution in [3.8, 4) is 10.6 Å². The smallest absolute Gasteiger partial charge is 0.194 e. The number of hydrogen-bond acceptors (Lipinski definition) is 4. The lowest BCUT2D eigenvalue weighted by atomic mass is 9.87.